The normalized spacial score (nSPS) is 10.6. The smallest absolute Gasteiger partial charge is 0.256 e. The zero-order valence-corrected chi connectivity index (χ0v) is 16.3. The Kier molecular flexibility index (Phi) is 5.31. The number of hydrogen-bond donors (Lipinski definition) is 1. The number of hydrogen-bond acceptors (Lipinski definition) is 4. The fraction of sp³-hybridized carbons (Fsp3) is 0.0435. The molecule has 0 saturated heterocycles. The van der Waals surface area contributed by atoms with Crippen LogP contribution >= 0.6 is 11.6 Å². The van der Waals surface area contributed by atoms with Crippen LogP contribution in [0.1, 0.15) is 10.4 Å². The summed E-state index contributed by atoms with van der Waals surface area (Å²) in [5, 5.41) is 3.30. The number of nitrogens with one attached hydrogen (secondary N) is 1. The number of oxazole rings is 1. The summed E-state index contributed by atoms with van der Waals surface area (Å²) in [5.41, 5.74) is 2.40. The van der Waals surface area contributed by atoms with Crippen molar-refractivity contribution in [3.05, 3.63) is 89.6 Å². The third-order valence-corrected chi connectivity index (χ3v) is 4.71. The van der Waals surface area contributed by atoms with Gasteiger partial charge in [0.15, 0.2) is 5.76 Å². The van der Waals surface area contributed by atoms with Gasteiger partial charge in [-0.3, -0.25) is 4.79 Å². The molecule has 0 unspecified atom stereocenters. The number of carbonyl (C=O) groups excluding carboxylic acids is 1. The highest BCUT2D eigenvalue weighted by Gasteiger charge is 2.18. The zero-order chi connectivity index (χ0) is 20.2. The van der Waals surface area contributed by atoms with Crippen LogP contribution in [-0.2, 0) is 0 Å². The summed E-state index contributed by atoms with van der Waals surface area (Å²) in [6, 6.07) is 21.7. The molecule has 0 aliphatic heterocycles. The van der Waals surface area contributed by atoms with Gasteiger partial charge in [-0.1, -0.05) is 48.0 Å². The summed E-state index contributed by atoms with van der Waals surface area (Å²) in [4.78, 5) is 17.2. The third-order valence-electron chi connectivity index (χ3n) is 4.38. The van der Waals surface area contributed by atoms with Gasteiger partial charge in [0.2, 0.25) is 5.89 Å². The molecule has 0 saturated carbocycles. The van der Waals surface area contributed by atoms with Crippen molar-refractivity contribution < 1.29 is 13.9 Å². The molecule has 5 nitrogen and oxygen atoms in total. The van der Waals surface area contributed by atoms with E-state index in [1.54, 1.807) is 49.7 Å². The van der Waals surface area contributed by atoms with Gasteiger partial charge in [0.25, 0.3) is 5.91 Å². The third kappa shape index (κ3) is 4.00. The maximum atomic E-state index is 12.9. The summed E-state index contributed by atoms with van der Waals surface area (Å²) >= 11 is 6.15. The predicted octanol–water partition coefficient (Wildman–Crippen LogP) is 5.92. The number of halogens is 1. The van der Waals surface area contributed by atoms with Gasteiger partial charge >= 0.3 is 0 Å². The zero-order valence-electron chi connectivity index (χ0n) is 15.6. The van der Waals surface area contributed by atoms with Crippen molar-refractivity contribution in [3.63, 3.8) is 0 Å². The van der Waals surface area contributed by atoms with E-state index in [2.05, 4.69) is 10.3 Å². The lowest BCUT2D eigenvalue weighted by atomic mass is 10.1. The molecule has 0 fully saturated rings. The summed E-state index contributed by atoms with van der Waals surface area (Å²) in [6.07, 6.45) is 1.63. The minimum atomic E-state index is -0.296. The second-order valence-electron chi connectivity index (χ2n) is 6.24. The predicted molar refractivity (Wildman–Crippen MR) is 113 cm³/mol. The van der Waals surface area contributed by atoms with Crippen LogP contribution < -0.4 is 10.1 Å². The number of nitrogens with zero attached hydrogens (tertiary/aromatic N) is 1. The molecule has 1 amide bonds. The molecular weight excluding hydrogens is 388 g/mol. The fourth-order valence-electron chi connectivity index (χ4n) is 2.93. The molecule has 0 atom stereocenters. The largest absolute Gasteiger partial charge is 0.497 e. The second-order valence-corrected chi connectivity index (χ2v) is 6.65. The SMILES string of the molecule is COc1cccc(-c2cnc(-c3ccccc3C(=O)Nc3ccccc3Cl)o2)c1. The molecule has 29 heavy (non-hydrogen) atoms. The molecule has 144 valence electrons. The topological polar surface area (TPSA) is 64.4 Å². The Hall–Kier alpha value is -3.57. The average molecular weight is 405 g/mol. The van der Waals surface area contributed by atoms with E-state index in [0.717, 1.165) is 11.3 Å². The van der Waals surface area contributed by atoms with Crippen molar-refractivity contribution in [2.75, 3.05) is 12.4 Å². The molecule has 1 heterocycles. The maximum Gasteiger partial charge on any atom is 0.256 e. The number of rotatable bonds is 5. The lowest BCUT2D eigenvalue weighted by molar-refractivity contribution is 0.102. The first-order valence-corrected chi connectivity index (χ1v) is 9.29. The Balaban J connectivity index is 1.66. The summed E-state index contributed by atoms with van der Waals surface area (Å²) < 4.78 is 11.2. The van der Waals surface area contributed by atoms with Gasteiger partial charge in [-0.05, 0) is 36.4 Å². The van der Waals surface area contributed by atoms with Crippen molar-refractivity contribution in [2.24, 2.45) is 0 Å². The number of amides is 1. The lowest BCUT2D eigenvalue weighted by Gasteiger charge is -2.09. The van der Waals surface area contributed by atoms with Crippen molar-refractivity contribution in [2.45, 2.75) is 0 Å². The van der Waals surface area contributed by atoms with E-state index in [-0.39, 0.29) is 5.91 Å². The number of para-hydroxylation sites is 1. The Labute approximate surface area is 172 Å². The van der Waals surface area contributed by atoms with Gasteiger partial charge in [0, 0.05) is 11.1 Å². The first-order valence-electron chi connectivity index (χ1n) is 8.91. The van der Waals surface area contributed by atoms with Crippen molar-refractivity contribution in [1.29, 1.82) is 0 Å². The van der Waals surface area contributed by atoms with Gasteiger partial charge in [-0.2, -0.15) is 0 Å². The van der Waals surface area contributed by atoms with Crippen LogP contribution in [0.15, 0.2) is 83.4 Å². The molecular formula is C23H17ClN2O3. The highest BCUT2D eigenvalue weighted by atomic mass is 35.5. The van der Waals surface area contributed by atoms with Crippen LogP contribution in [0.2, 0.25) is 5.02 Å². The van der Waals surface area contributed by atoms with E-state index in [1.807, 2.05) is 36.4 Å². The first kappa shape index (κ1) is 18.8. The molecule has 6 heteroatoms. The average Bonchev–Trinajstić information content (AvgIpc) is 3.25. The summed E-state index contributed by atoms with van der Waals surface area (Å²) in [7, 11) is 1.61. The van der Waals surface area contributed by atoms with E-state index >= 15 is 0 Å². The van der Waals surface area contributed by atoms with Crippen molar-refractivity contribution in [1.82, 2.24) is 4.98 Å². The molecule has 3 aromatic carbocycles. The Morgan fingerprint density at radius 3 is 2.66 bits per heavy atom. The molecule has 4 rings (SSSR count). The minimum absolute atomic E-state index is 0.296. The molecule has 0 aliphatic carbocycles. The van der Waals surface area contributed by atoms with Gasteiger partial charge < -0.3 is 14.5 Å². The van der Waals surface area contributed by atoms with Gasteiger partial charge in [0.05, 0.1) is 29.6 Å². The van der Waals surface area contributed by atoms with Crippen LogP contribution in [0.3, 0.4) is 0 Å². The summed E-state index contributed by atoms with van der Waals surface area (Å²) in [5.74, 6) is 1.36. The van der Waals surface area contributed by atoms with Crippen LogP contribution in [0.4, 0.5) is 5.69 Å². The number of aromatic nitrogens is 1. The van der Waals surface area contributed by atoms with Crippen molar-refractivity contribution in [3.8, 4) is 28.5 Å². The quantitative estimate of drug-likeness (QED) is 0.448. The molecule has 1 aromatic heterocycles. The number of carbonyl (C=O) groups is 1. The molecule has 0 spiro atoms. The number of anilines is 1. The van der Waals surface area contributed by atoms with Gasteiger partial charge in [-0.15, -0.1) is 0 Å². The number of ether oxygens (including phenoxy) is 1. The minimum Gasteiger partial charge on any atom is -0.497 e. The van der Waals surface area contributed by atoms with Crippen LogP contribution in [0.25, 0.3) is 22.8 Å². The molecule has 1 N–H and O–H groups in total. The molecule has 0 radical (unpaired) electrons. The van der Waals surface area contributed by atoms with Crippen molar-refractivity contribution >= 4 is 23.2 Å². The first-order chi connectivity index (χ1) is 14.2. The van der Waals surface area contributed by atoms with E-state index in [4.69, 9.17) is 20.8 Å². The van der Waals surface area contributed by atoms with E-state index < -0.39 is 0 Å². The molecule has 4 aromatic rings. The van der Waals surface area contributed by atoms with Crippen LogP contribution in [-0.4, -0.2) is 18.0 Å². The second kappa shape index (κ2) is 8.20. The Morgan fingerprint density at radius 2 is 1.83 bits per heavy atom. The number of methoxy groups -OCH3 is 1. The fourth-order valence-corrected chi connectivity index (χ4v) is 3.11. The standard InChI is InChI=1S/C23H17ClN2O3/c1-28-16-8-6-7-15(13-16)21-14-25-23(29-21)18-10-3-2-9-17(18)22(27)26-20-12-5-4-11-19(20)24/h2-14H,1H3,(H,26,27). The van der Waals surface area contributed by atoms with E-state index in [9.17, 15) is 4.79 Å². The number of benzene rings is 3. The monoisotopic (exact) mass is 404 g/mol. The van der Waals surface area contributed by atoms with E-state index in [1.165, 1.54) is 0 Å². The molecule has 0 aliphatic rings. The van der Waals surface area contributed by atoms with E-state index in [0.29, 0.717) is 33.5 Å². The lowest BCUT2D eigenvalue weighted by Crippen LogP contribution is -2.13. The molecule has 0 bridgehead atoms. The van der Waals surface area contributed by atoms with Crippen LogP contribution in [0, 0.1) is 0 Å². The van der Waals surface area contributed by atoms with Gasteiger partial charge in [-0.25, -0.2) is 4.98 Å². The highest BCUT2D eigenvalue weighted by molar-refractivity contribution is 6.34. The Bertz CT molecular complexity index is 1170. The Morgan fingerprint density at radius 1 is 1.03 bits per heavy atom. The van der Waals surface area contributed by atoms with Gasteiger partial charge in [0.1, 0.15) is 5.75 Å². The summed E-state index contributed by atoms with van der Waals surface area (Å²) in [6.45, 7) is 0. The maximum absolute atomic E-state index is 12.9. The van der Waals surface area contributed by atoms with Crippen LogP contribution in [0.5, 0.6) is 5.75 Å². The highest BCUT2D eigenvalue weighted by Crippen LogP contribution is 2.30.